The highest BCUT2D eigenvalue weighted by Crippen LogP contribution is 2.18. The van der Waals surface area contributed by atoms with Crippen LogP contribution in [0.1, 0.15) is 35.8 Å². The van der Waals surface area contributed by atoms with Crippen molar-refractivity contribution < 1.29 is 9.53 Å². The van der Waals surface area contributed by atoms with Crippen LogP contribution in [0.5, 0.6) is 0 Å². The van der Waals surface area contributed by atoms with Crippen molar-refractivity contribution >= 4 is 5.97 Å². The maximum absolute atomic E-state index is 11.8. The van der Waals surface area contributed by atoms with E-state index in [1.54, 1.807) is 13.0 Å². The molecule has 1 N–H and O–H groups in total. The fourth-order valence-electron chi connectivity index (χ4n) is 1.59. The third-order valence-electron chi connectivity index (χ3n) is 2.43. The molecule has 17 heavy (non-hydrogen) atoms. The van der Waals surface area contributed by atoms with E-state index in [1.165, 1.54) is 0 Å². The Bertz CT molecular complexity index is 420. The van der Waals surface area contributed by atoms with Gasteiger partial charge in [-0.15, -0.1) is 6.42 Å². The van der Waals surface area contributed by atoms with Crippen LogP contribution in [-0.4, -0.2) is 19.1 Å². The molecule has 0 fully saturated rings. The number of esters is 1. The van der Waals surface area contributed by atoms with E-state index in [1.807, 2.05) is 25.1 Å². The lowest BCUT2D eigenvalue weighted by atomic mass is 10.0. The topological polar surface area (TPSA) is 38.3 Å². The molecule has 1 aromatic carbocycles. The Kier molecular flexibility index (Phi) is 5.25. The van der Waals surface area contributed by atoms with Gasteiger partial charge in [-0.2, -0.15) is 0 Å². The van der Waals surface area contributed by atoms with Gasteiger partial charge >= 0.3 is 5.97 Å². The lowest BCUT2D eigenvalue weighted by Crippen LogP contribution is -2.21. The first-order valence-electron chi connectivity index (χ1n) is 5.63. The normalized spacial score (nSPS) is 11.6. The number of ether oxygens (including phenoxy) is 1. The van der Waals surface area contributed by atoms with E-state index in [4.69, 9.17) is 11.2 Å². The second-order valence-electron chi connectivity index (χ2n) is 3.61. The zero-order chi connectivity index (χ0) is 12.7. The number of benzene rings is 1. The fraction of sp³-hybridized carbons (Fsp3) is 0.357. The Morgan fingerprint density at radius 3 is 2.88 bits per heavy atom. The molecule has 3 heteroatoms. The second-order valence-corrected chi connectivity index (χ2v) is 3.61. The van der Waals surface area contributed by atoms with Gasteiger partial charge in [0.15, 0.2) is 0 Å². The van der Waals surface area contributed by atoms with Crippen LogP contribution in [0.15, 0.2) is 24.3 Å². The predicted octanol–water partition coefficient (Wildman–Crippen LogP) is 2.15. The van der Waals surface area contributed by atoms with Crippen LogP contribution in [0.4, 0.5) is 0 Å². The quantitative estimate of drug-likeness (QED) is 0.623. The minimum atomic E-state index is -0.294. The number of carbonyl (C=O) groups excluding carboxylic acids is 1. The van der Waals surface area contributed by atoms with Crippen molar-refractivity contribution in [2.45, 2.75) is 19.9 Å². The Morgan fingerprint density at radius 2 is 2.24 bits per heavy atom. The number of carbonyl (C=O) groups is 1. The summed E-state index contributed by atoms with van der Waals surface area (Å²) in [6.45, 7) is 4.60. The SMILES string of the molecule is C#CCNC(C)c1ccccc1C(=O)OCC. The number of terminal acetylenes is 1. The van der Waals surface area contributed by atoms with E-state index in [-0.39, 0.29) is 12.0 Å². The van der Waals surface area contributed by atoms with Crippen LogP contribution in [0.2, 0.25) is 0 Å². The molecule has 1 unspecified atom stereocenters. The summed E-state index contributed by atoms with van der Waals surface area (Å²) in [7, 11) is 0. The Hall–Kier alpha value is -1.79. The van der Waals surface area contributed by atoms with Gasteiger partial charge in [0.1, 0.15) is 0 Å². The summed E-state index contributed by atoms with van der Waals surface area (Å²) in [6.07, 6.45) is 5.20. The van der Waals surface area contributed by atoms with E-state index in [0.717, 1.165) is 5.56 Å². The molecular formula is C14H17NO2. The molecule has 1 atom stereocenters. The van der Waals surface area contributed by atoms with Crippen molar-refractivity contribution in [3.05, 3.63) is 35.4 Å². The van der Waals surface area contributed by atoms with Gasteiger partial charge in [0, 0.05) is 6.04 Å². The van der Waals surface area contributed by atoms with Gasteiger partial charge in [-0.3, -0.25) is 5.32 Å². The van der Waals surface area contributed by atoms with Gasteiger partial charge in [-0.25, -0.2) is 4.79 Å². The number of hydrogen-bond acceptors (Lipinski definition) is 3. The minimum absolute atomic E-state index is 0.0201. The van der Waals surface area contributed by atoms with Crippen molar-refractivity contribution in [2.75, 3.05) is 13.2 Å². The highest BCUT2D eigenvalue weighted by atomic mass is 16.5. The molecule has 0 aliphatic rings. The summed E-state index contributed by atoms with van der Waals surface area (Å²) in [5, 5.41) is 3.14. The molecule has 0 bridgehead atoms. The zero-order valence-electron chi connectivity index (χ0n) is 10.2. The number of nitrogens with one attached hydrogen (secondary N) is 1. The van der Waals surface area contributed by atoms with Crippen LogP contribution in [-0.2, 0) is 4.74 Å². The monoisotopic (exact) mass is 231 g/mol. The molecule has 90 valence electrons. The summed E-state index contributed by atoms with van der Waals surface area (Å²) < 4.78 is 5.02. The molecule has 1 rings (SSSR count). The maximum Gasteiger partial charge on any atom is 0.338 e. The molecule has 0 saturated carbocycles. The Labute approximate surface area is 102 Å². The van der Waals surface area contributed by atoms with Crippen molar-refractivity contribution in [3.8, 4) is 12.3 Å². The Morgan fingerprint density at radius 1 is 1.53 bits per heavy atom. The van der Waals surface area contributed by atoms with E-state index in [2.05, 4.69) is 11.2 Å². The summed E-state index contributed by atoms with van der Waals surface area (Å²) >= 11 is 0. The smallest absolute Gasteiger partial charge is 0.338 e. The average molecular weight is 231 g/mol. The average Bonchev–Trinajstić information content (AvgIpc) is 2.36. The summed E-state index contributed by atoms with van der Waals surface area (Å²) in [5.41, 5.74) is 1.49. The Balaban J connectivity index is 2.91. The lowest BCUT2D eigenvalue weighted by molar-refractivity contribution is 0.0524. The number of hydrogen-bond donors (Lipinski definition) is 1. The highest BCUT2D eigenvalue weighted by Gasteiger charge is 2.15. The zero-order valence-corrected chi connectivity index (χ0v) is 10.2. The van der Waals surface area contributed by atoms with Gasteiger partial charge in [0.2, 0.25) is 0 Å². The maximum atomic E-state index is 11.8. The molecule has 0 aliphatic carbocycles. The van der Waals surface area contributed by atoms with Gasteiger partial charge < -0.3 is 4.74 Å². The predicted molar refractivity (Wildman–Crippen MR) is 67.6 cm³/mol. The van der Waals surface area contributed by atoms with Crippen molar-refractivity contribution in [3.63, 3.8) is 0 Å². The largest absolute Gasteiger partial charge is 0.462 e. The van der Waals surface area contributed by atoms with Crippen molar-refractivity contribution in [2.24, 2.45) is 0 Å². The lowest BCUT2D eigenvalue weighted by Gasteiger charge is -2.15. The van der Waals surface area contributed by atoms with Crippen LogP contribution in [0.25, 0.3) is 0 Å². The number of rotatable bonds is 5. The molecule has 0 aromatic heterocycles. The molecule has 0 spiro atoms. The third-order valence-corrected chi connectivity index (χ3v) is 2.43. The second kappa shape index (κ2) is 6.72. The molecule has 0 saturated heterocycles. The standard InChI is InChI=1S/C14H17NO2/c1-4-10-15-11(3)12-8-6-7-9-13(12)14(16)17-5-2/h1,6-9,11,15H,5,10H2,2-3H3. The van der Waals surface area contributed by atoms with Crippen LogP contribution < -0.4 is 5.32 Å². The third kappa shape index (κ3) is 3.61. The van der Waals surface area contributed by atoms with E-state index >= 15 is 0 Å². The molecule has 1 aromatic rings. The summed E-state index contributed by atoms with van der Waals surface area (Å²) in [5.74, 6) is 2.22. The highest BCUT2D eigenvalue weighted by molar-refractivity contribution is 5.91. The first-order chi connectivity index (χ1) is 8.20. The van der Waals surface area contributed by atoms with E-state index in [0.29, 0.717) is 18.7 Å². The van der Waals surface area contributed by atoms with E-state index < -0.39 is 0 Å². The molecule has 0 amide bonds. The van der Waals surface area contributed by atoms with Crippen LogP contribution in [0.3, 0.4) is 0 Å². The molecule has 3 nitrogen and oxygen atoms in total. The summed E-state index contributed by atoms with van der Waals surface area (Å²) in [4.78, 5) is 11.8. The molecule has 0 aliphatic heterocycles. The van der Waals surface area contributed by atoms with Gasteiger partial charge in [0.05, 0.1) is 18.7 Å². The van der Waals surface area contributed by atoms with Gasteiger partial charge in [0.25, 0.3) is 0 Å². The molecule has 0 heterocycles. The van der Waals surface area contributed by atoms with Gasteiger partial charge in [-0.05, 0) is 25.5 Å². The summed E-state index contributed by atoms with van der Waals surface area (Å²) in [6, 6.07) is 7.41. The van der Waals surface area contributed by atoms with Crippen molar-refractivity contribution in [1.29, 1.82) is 0 Å². The molecule has 0 radical (unpaired) electrons. The van der Waals surface area contributed by atoms with Crippen molar-refractivity contribution in [1.82, 2.24) is 5.32 Å². The van der Waals surface area contributed by atoms with Crippen LogP contribution >= 0.6 is 0 Å². The van der Waals surface area contributed by atoms with Gasteiger partial charge in [-0.1, -0.05) is 24.1 Å². The first-order valence-corrected chi connectivity index (χ1v) is 5.63. The minimum Gasteiger partial charge on any atom is -0.462 e. The fourth-order valence-corrected chi connectivity index (χ4v) is 1.59. The van der Waals surface area contributed by atoms with E-state index in [9.17, 15) is 4.79 Å². The molecular weight excluding hydrogens is 214 g/mol. The first kappa shape index (κ1) is 13.3. The van der Waals surface area contributed by atoms with Crippen LogP contribution in [0, 0.1) is 12.3 Å².